The van der Waals surface area contributed by atoms with Crippen molar-refractivity contribution in [3.63, 3.8) is 0 Å². The lowest BCUT2D eigenvalue weighted by Crippen LogP contribution is -2.40. The zero-order valence-electron chi connectivity index (χ0n) is 17.5. The predicted molar refractivity (Wildman–Crippen MR) is 108 cm³/mol. The van der Waals surface area contributed by atoms with Crippen molar-refractivity contribution in [3.8, 4) is 0 Å². The van der Waals surface area contributed by atoms with Crippen molar-refractivity contribution in [2.75, 3.05) is 26.2 Å². The van der Waals surface area contributed by atoms with Crippen LogP contribution in [-0.2, 0) is 12.0 Å². The number of amides is 1. The molecule has 0 bridgehead atoms. The highest BCUT2D eigenvalue weighted by atomic mass is 16.5. The lowest BCUT2D eigenvalue weighted by atomic mass is 9.81. The van der Waals surface area contributed by atoms with Crippen LogP contribution in [0.1, 0.15) is 39.1 Å². The minimum atomic E-state index is -0.356. The standard InChI is InChI=1S/C22H25N5O3/c1-14-19(15(2)29-24-14)11-26-9-18-10-27(20(28)17-7-5-4-6-8-17)13-22(18,12-26)21-23-16(3)25-30-21/h4-8,18H,9-13H2,1-3H3/t18-,22-/m0/s1. The van der Waals surface area contributed by atoms with Crippen LogP contribution < -0.4 is 0 Å². The first-order valence-electron chi connectivity index (χ1n) is 10.3. The van der Waals surface area contributed by atoms with Crippen molar-refractivity contribution in [3.05, 3.63) is 64.6 Å². The van der Waals surface area contributed by atoms with E-state index in [1.165, 1.54) is 0 Å². The fourth-order valence-corrected chi connectivity index (χ4v) is 4.96. The first kappa shape index (κ1) is 19.0. The first-order chi connectivity index (χ1) is 14.5. The Labute approximate surface area is 174 Å². The molecule has 0 unspecified atom stereocenters. The Bertz CT molecular complexity index is 1060. The van der Waals surface area contributed by atoms with E-state index in [1.807, 2.05) is 56.0 Å². The molecular weight excluding hydrogens is 382 g/mol. The summed E-state index contributed by atoms with van der Waals surface area (Å²) >= 11 is 0. The smallest absolute Gasteiger partial charge is 0.253 e. The fourth-order valence-electron chi connectivity index (χ4n) is 4.96. The largest absolute Gasteiger partial charge is 0.361 e. The molecule has 0 radical (unpaired) electrons. The summed E-state index contributed by atoms with van der Waals surface area (Å²) in [6.45, 7) is 9.37. The minimum absolute atomic E-state index is 0.0536. The molecule has 5 rings (SSSR count). The summed E-state index contributed by atoms with van der Waals surface area (Å²) in [5.74, 6) is 2.39. The van der Waals surface area contributed by atoms with Gasteiger partial charge in [0.1, 0.15) is 5.76 Å². The molecule has 4 heterocycles. The van der Waals surface area contributed by atoms with E-state index in [0.29, 0.717) is 30.4 Å². The van der Waals surface area contributed by atoms with Gasteiger partial charge in [-0.15, -0.1) is 0 Å². The van der Waals surface area contributed by atoms with Crippen LogP contribution >= 0.6 is 0 Å². The van der Waals surface area contributed by atoms with Gasteiger partial charge in [-0.05, 0) is 32.9 Å². The summed E-state index contributed by atoms with van der Waals surface area (Å²) in [5.41, 5.74) is 2.41. The third-order valence-corrected chi connectivity index (χ3v) is 6.50. The van der Waals surface area contributed by atoms with Crippen LogP contribution in [0.15, 0.2) is 39.4 Å². The van der Waals surface area contributed by atoms with E-state index in [-0.39, 0.29) is 17.2 Å². The third kappa shape index (κ3) is 3.02. The van der Waals surface area contributed by atoms with Crippen molar-refractivity contribution in [2.24, 2.45) is 5.92 Å². The van der Waals surface area contributed by atoms with Crippen molar-refractivity contribution in [2.45, 2.75) is 32.7 Å². The van der Waals surface area contributed by atoms with Crippen LogP contribution in [0, 0.1) is 26.7 Å². The van der Waals surface area contributed by atoms with E-state index in [2.05, 4.69) is 20.2 Å². The number of fused-ring (bicyclic) bond motifs is 1. The van der Waals surface area contributed by atoms with Gasteiger partial charge in [-0.3, -0.25) is 9.69 Å². The molecule has 2 fully saturated rings. The van der Waals surface area contributed by atoms with Crippen molar-refractivity contribution in [1.82, 2.24) is 25.1 Å². The molecule has 2 saturated heterocycles. The summed E-state index contributed by atoms with van der Waals surface area (Å²) in [6, 6.07) is 9.44. The van der Waals surface area contributed by atoms with E-state index in [0.717, 1.165) is 36.7 Å². The monoisotopic (exact) mass is 407 g/mol. The second-order valence-electron chi connectivity index (χ2n) is 8.52. The molecule has 2 atom stereocenters. The Hall–Kier alpha value is -3.00. The second-order valence-corrected chi connectivity index (χ2v) is 8.52. The predicted octanol–water partition coefficient (Wildman–Crippen LogP) is 2.51. The molecule has 30 heavy (non-hydrogen) atoms. The van der Waals surface area contributed by atoms with Gasteiger partial charge in [-0.25, -0.2) is 0 Å². The van der Waals surface area contributed by atoms with Crippen molar-refractivity contribution < 1.29 is 13.8 Å². The Morgan fingerprint density at radius 1 is 1.10 bits per heavy atom. The zero-order valence-corrected chi connectivity index (χ0v) is 17.5. The SMILES string of the molecule is Cc1noc([C@]23CN(Cc4c(C)noc4C)C[C@H]2CN(C(=O)c2ccccc2)C3)n1. The number of rotatable bonds is 4. The normalized spacial score (nSPS) is 23.8. The summed E-state index contributed by atoms with van der Waals surface area (Å²) in [5, 5.41) is 8.12. The Morgan fingerprint density at radius 2 is 1.90 bits per heavy atom. The van der Waals surface area contributed by atoms with Gasteiger partial charge < -0.3 is 13.9 Å². The average molecular weight is 407 g/mol. The quantitative estimate of drug-likeness (QED) is 0.656. The minimum Gasteiger partial charge on any atom is -0.361 e. The third-order valence-electron chi connectivity index (χ3n) is 6.50. The van der Waals surface area contributed by atoms with E-state index < -0.39 is 0 Å². The Balaban J connectivity index is 1.43. The van der Waals surface area contributed by atoms with Gasteiger partial charge in [0.15, 0.2) is 5.82 Å². The lowest BCUT2D eigenvalue weighted by molar-refractivity contribution is 0.0766. The highest BCUT2D eigenvalue weighted by Crippen LogP contribution is 2.45. The molecule has 3 aromatic rings. The molecule has 1 amide bonds. The van der Waals surface area contributed by atoms with Crippen molar-refractivity contribution in [1.29, 1.82) is 0 Å². The number of carbonyl (C=O) groups excluding carboxylic acids is 1. The summed E-state index contributed by atoms with van der Waals surface area (Å²) in [6.07, 6.45) is 0. The first-order valence-corrected chi connectivity index (χ1v) is 10.3. The Kier molecular flexibility index (Phi) is 4.47. The maximum Gasteiger partial charge on any atom is 0.253 e. The molecule has 2 aliphatic heterocycles. The van der Waals surface area contributed by atoms with Crippen LogP contribution in [0.2, 0.25) is 0 Å². The van der Waals surface area contributed by atoms with Gasteiger partial charge in [0.2, 0.25) is 5.89 Å². The topological polar surface area (TPSA) is 88.5 Å². The zero-order chi connectivity index (χ0) is 20.9. The Morgan fingerprint density at radius 3 is 2.57 bits per heavy atom. The summed E-state index contributed by atoms with van der Waals surface area (Å²) < 4.78 is 11.0. The molecule has 2 aromatic heterocycles. The number of aryl methyl sites for hydroxylation is 3. The number of carbonyl (C=O) groups is 1. The second kappa shape index (κ2) is 7.05. The molecule has 2 aliphatic rings. The van der Waals surface area contributed by atoms with Crippen LogP contribution in [0.25, 0.3) is 0 Å². The van der Waals surface area contributed by atoms with Gasteiger partial charge in [0.05, 0.1) is 11.1 Å². The number of benzene rings is 1. The van der Waals surface area contributed by atoms with E-state index >= 15 is 0 Å². The van der Waals surface area contributed by atoms with Crippen LogP contribution in [0.3, 0.4) is 0 Å². The summed E-state index contributed by atoms with van der Waals surface area (Å²) in [4.78, 5) is 22.0. The van der Waals surface area contributed by atoms with Gasteiger partial charge >= 0.3 is 0 Å². The highest BCUT2D eigenvalue weighted by molar-refractivity contribution is 5.94. The number of nitrogens with zero attached hydrogens (tertiary/aromatic N) is 5. The number of hydrogen-bond donors (Lipinski definition) is 0. The van der Waals surface area contributed by atoms with Gasteiger partial charge in [-0.1, -0.05) is 28.5 Å². The molecular formula is C22H25N5O3. The van der Waals surface area contributed by atoms with E-state index in [9.17, 15) is 4.79 Å². The fraction of sp³-hybridized carbons (Fsp3) is 0.455. The molecule has 0 N–H and O–H groups in total. The number of hydrogen-bond acceptors (Lipinski definition) is 7. The average Bonchev–Trinajstić information content (AvgIpc) is 3.48. The molecule has 8 heteroatoms. The van der Waals surface area contributed by atoms with Crippen LogP contribution in [0.4, 0.5) is 0 Å². The van der Waals surface area contributed by atoms with Gasteiger partial charge in [0.25, 0.3) is 5.91 Å². The van der Waals surface area contributed by atoms with Gasteiger partial charge in [-0.2, -0.15) is 4.98 Å². The van der Waals surface area contributed by atoms with Crippen LogP contribution in [-0.4, -0.2) is 57.2 Å². The van der Waals surface area contributed by atoms with Gasteiger partial charge in [0, 0.05) is 49.8 Å². The summed E-state index contributed by atoms with van der Waals surface area (Å²) in [7, 11) is 0. The highest BCUT2D eigenvalue weighted by Gasteiger charge is 2.57. The van der Waals surface area contributed by atoms with E-state index in [1.54, 1.807) is 0 Å². The van der Waals surface area contributed by atoms with Crippen LogP contribution in [0.5, 0.6) is 0 Å². The van der Waals surface area contributed by atoms with Crippen molar-refractivity contribution >= 4 is 5.91 Å². The molecule has 0 aliphatic carbocycles. The molecule has 8 nitrogen and oxygen atoms in total. The molecule has 0 spiro atoms. The molecule has 1 aromatic carbocycles. The number of likely N-dealkylation sites (tertiary alicyclic amines) is 2. The number of aromatic nitrogens is 3. The van der Waals surface area contributed by atoms with E-state index in [4.69, 9.17) is 9.05 Å². The lowest BCUT2D eigenvalue weighted by Gasteiger charge is -2.26. The molecule has 156 valence electrons. The molecule has 0 saturated carbocycles. The maximum atomic E-state index is 13.1. The maximum absolute atomic E-state index is 13.1.